The topological polar surface area (TPSA) is 55.1 Å². The summed E-state index contributed by atoms with van der Waals surface area (Å²) in [6, 6.07) is -0.538. The fourth-order valence-electron chi connectivity index (χ4n) is 3.21. The minimum Gasteiger partial charge on any atom is -0.354 e. The van der Waals surface area contributed by atoms with Gasteiger partial charge < -0.3 is 11.1 Å². The monoisotopic (exact) mass is 220 g/mol. The minimum atomic E-state index is -0.538. The Balaban J connectivity index is 1.72. The van der Waals surface area contributed by atoms with Crippen LogP contribution in [0.25, 0.3) is 0 Å². The molecule has 16 heavy (non-hydrogen) atoms. The lowest BCUT2D eigenvalue weighted by atomic mass is 9.89. The standard InChI is InChI=1S/C13H20N2O/c1-2-3-12(14)13(16)15-8-11-7-9-4-5-10(11)6-9/h1,9-12H,3-8,14H2,(H,15,16). The third-order valence-electron chi connectivity index (χ3n) is 4.10. The van der Waals surface area contributed by atoms with Gasteiger partial charge in [-0.1, -0.05) is 6.42 Å². The molecule has 0 aromatic rings. The van der Waals surface area contributed by atoms with Gasteiger partial charge in [0, 0.05) is 13.0 Å². The van der Waals surface area contributed by atoms with Crippen LogP contribution in [-0.2, 0) is 4.79 Å². The van der Waals surface area contributed by atoms with E-state index in [4.69, 9.17) is 12.2 Å². The SMILES string of the molecule is C#CCC(N)C(=O)NCC1CC2CCC1C2. The van der Waals surface area contributed by atoms with Crippen LogP contribution in [0, 0.1) is 30.1 Å². The molecule has 0 aliphatic heterocycles. The van der Waals surface area contributed by atoms with Crippen molar-refractivity contribution >= 4 is 5.91 Å². The smallest absolute Gasteiger partial charge is 0.237 e. The molecule has 4 unspecified atom stereocenters. The van der Waals surface area contributed by atoms with Crippen molar-refractivity contribution in [2.45, 2.75) is 38.1 Å². The fraction of sp³-hybridized carbons (Fsp3) is 0.769. The lowest BCUT2D eigenvalue weighted by molar-refractivity contribution is -0.122. The number of nitrogens with one attached hydrogen (secondary N) is 1. The summed E-state index contributed by atoms with van der Waals surface area (Å²) < 4.78 is 0. The van der Waals surface area contributed by atoms with E-state index in [1.807, 2.05) is 0 Å². The largest absolute Gasteiger partial charge is 0.354 e. The predicted molar refractivity (Wildman–Crippen MR) is 63.4 cm³/mol. The highest BCUT2D eigenvalue weighted by molar-refractivity contribution is 5.81. The van der Waals surface area contributed by atoms with Crippen LogP contribution >= 0.6 is 0 Å². The van der Waals surface area contributed by atoms with Gasteiger partial charge in [0.15, 0.2) is 0 Å². The maximum atomic E-state index is 11.6. The molecule has 3 N–H and O–H groups in total. The zero-order valence-electron chi connectivity index (χ0n) is 9.61. The summed E-state index contributed by atoms with van der Waals surface area (Å²) in [7, 11) is 0. The Morgan fingerprint density at radius 3 is 2.88 bits per heavy atom. The summed E-state index contributed by atoms with van der Waals surface area (Å²) in [5, 5.41) is 2.93. The number of fused-ring (bicyclic) bond motifs is 2. The van der Waals surface area contributed by atoms with Crippen molar-refractivity contribution in [2.24, 2.45) is 23.5 Å². The number of carbonyl (C=O) groups excluding carboxylic acids is 1. The van der Waals surface area contributed by atoms with E-state index in [1.165, 1.54) is 25.7 Å². The van der Waals surface area contributed by atoms with Crippen molar-refractivity contribution in [3.05, 3.63) is 0 Å². The Labute approximate surface area is 97.2 Å². The highest BCUT2D eigenvalue weighted by Gasteiger charge is 2.39. The van der Waals surface area contributed by atoms with E-state index < -0.39 is 6.04 Å². The first kappa shape index (κ1) is 11.5. The lowest BCUT2D eigenvalue weighted by Gasteiger charge is -2.22. The molecule has 0 spiro atoms. The molecule has 2 fully saturated rings. The molecule has 88 valence electrons. The molecular weight excluding hydrogens is 200 g/mol. The normalized spacial score (nSPS) is 33.4. The van der Waals surface area contributed by atoms with Gasteiger partial charge in [0.25, 0.3) is 0 Å². The van der Waals surface area contributed by atoms with E-state index in [2.05, 4.69) is 11.2 Å². The molecule has 3 nitrogen and oxygen atoms in total. The van der Waals surface area contributed by atoms with Gasteiger partial charge in [-0.25, -0.2) is 0 Å². The Bertz CT molecular complexity index is 308. The first-order valence-corrected chi connectivity index (χ1v) is 6.17. The number of hydrogen-bond donors (Lipinski definition) is 2. The van der Waals surface area contributed by atoms with Gasteiger partial charge in [-0.15, -0.1) is 12.3 Å². The molecule has 2 aliphatic carbocycles. The van der Waals surface area contributed by atoms with E-state index in [-0.39, 0.29) is 5.91 Å². The molecule has 2 bridgehead atoms. The number of rotatable bonds is 4. The zero-order valence-corrected chi connectivity index (χ0v) is 9.61. The molecular formula is C13H20N2O. The highest BCUT2D eigenvalue weighted by atomic mass is 16.2. The van der Waals surface area contributed by atoms with Crippen molar-refractivity contribution in [1.29, 1.82) is 0 Å². The first-order valence-electron chi connectivity index (χ1n) is 6.17. The van der Waals surface area contributed by atoms with Gasteiger partial charge in [0.2, 0.25) is 5.91 Å². The summed E-state index contributed by atoms with van der Waals surface area (Å²) in [4.78, 5) is 11.6. The summed E-state index contributed by atoms with van der Waals surface area (Å²) in [5.41, 5.74) is 5.63. The summed E-state index contributed by atoms with van der Waals surface area (Å²) in [5.74, 6) is 4.77. The zero-order chi connectivity index (χ0) is 11.5. The predicted octanol–water partition coefficient (Wildman–Crippen LogP) is 0.889. The Hall–Kier alpha value is -1.01. The van der Waals surface area contributed by atoms with Crippen LogP contribution < -0.4 is 11.1 Å². The number of nitrogens with two attached hydrogens (primary N) is 1. The van der Waals surface area contributed by atoms with Crippen molar-refractivity contribution in [2.75, 3.05) is 6.54 Å². The van der Waals surface area contributed by atoms with Crippen LogP contribution in [0.2, 0.25) is 0 Å². The average Bonchev–Trinajstić information content (AvgIpc) is 2.87. The van der Waals surface area contributed by atoms with Crippen LogP contribution in [0.1, 0.15) is 32.1 Å². The van der Waals surface area contributed by atoms with Crippen molar-refractivity contribution < 1.29 is 4.79 Å². The molecule has 2 aliphatic rings. The summed E-state index contributed by atoms with van der Waals surface area (Å²) >= 11 is 0. The maximum absolute atomic E-state index is 11.6. The first-order chi connectivity index (χ1) is 7.70. The third kappa shape index (κ3) is 2.38. The molecule has 0 aromatic heterocycles. The summed E-state index contributed by atoms with van der Waals surface area (Å²) in [6.45, 7) is 0.790. The second-order valence-electron chi connectivity index (χ2n) is 5.19. The van der Waals surface area contributed by atoms with Crippen LogP contribution in [0.3, 0.4) is 0 Å². The molecule has 0 saturated heterocycles. The second-order valence-corrected chi connectivity index (χ2v) is 5.19. The molecule has 2 rings (SSSR count). The number of hydrogen-bond acceptors (Lipinski definition) is 2. The third-order valence-corrected chi connectivity index (χ3v) is 4.10. The molecule has 3 heteroatoms. The van der Waals surface area contributed by atoms with Crippen molar-refractivity contribution in [3.8, 4) is 12.3 Å². The van der Waals surface area contributed by atoms with E-state index >= 15 is 0 Å². The molecule has 1 amide bonds. The Morgan fingerprint density at radius 2 is 2.31 bits per heavy atom. The van der Waals surface area contributed by atoms with Gasteiger partial charge >= 0.3 is 0 Å². The van der Waals surface area contributed by atoms with Crippen molar-refractivity contribution in [1.82, 2.24) is 5.32 Å². The number of amides is 1. The average molecular weight is 220 g/mol. The molecule has 0 aromatic carbocycles. The van der Waals surface area contributed by atoms with Gasteiger partial charge in [0.1, 0.15) is 0 Å². The number of terminal acetylenes is 1. The van der Waals surface area contributed by atoms with Crippen molar-refractivity contribution in [3.63, 3.8) is 0 Å². The fourth-order valence-corrected chi connectivity index (χ4v) is 3.21. The molecule has 4 atom stereocenters. The minimum absolute atomic E-state index is 0.0966. The Kier molecular flexibility index (Phi) is 3.50. The van der Waals surface area contributed by atoms with Gasteiger partial charge in [-0.2, -0.15) is 0 Å². The summed E-state index contributed by atoms with van der Waals surface area (Å²) in [6.07, 6.45) is 10.8. The van der Waals surface area contributed by atoms with Crippen LogP contribution in [0.15, 0.2) is 0 Å². The maximum Gasteiger partial charge on any atom is 0.237 e. The van der Waals surface area contributed by atoms with E-state index in [0.29, 0.717) is 12.3 Å². The van der Waals surface area contributed by atoms with E-state index in [1.54, 1.807) is 0 Å². The molecule has 0 radical (unpaired) electrons. The molecule has 2 saturated carbocycles. The van der Waals surface area contributed by atoms with Crippen LogP contribution in [0.4, 0.5) is 0 Å². The van der Waals surface area contributed by atoms with E-state index in [9.17, 15) is 4.79 Å². The van der Waals surface area contributed by atoms with E-state index in [0.717, 1.165) is 18.4 Å². The quantitative estimate of drug-likeness (QED) is 0.691. The number of carbonyl (C=O) groups is 1. The van der Waals surface area contributed by atoms with Crippen LogP contribution in [-0.4, -0.2) is 18.5 Å². The van der Waals surface area contributed by atoms with Gasteiger partial charge in [-0.3, -0.25) is 4.79 Å². The highest BCUT2D eigenvalue weighted by Crippen LogP contribution is 2.47. The lowest BCUT2D eigenvalue weighted by Crippen LogP contribution is -2.42. The molecule has 0 heterocycles. The second kappa shape index (κ2) is 4.88. The van der Waals surface area contributed by atoms with Gasteiger partial charge in [-0.05, 0) is 37.0 Å². The van der Waals surface area contributed by atoms with Crippen LogP contribution in [0.5, 0.6) is 0 Å². The van der Waals surface area contributed by atoms with Gasteiger partial charge in [0.05, 0.1) is 6.04 Å². The Morgan fingerprint density at radius 1 is 1.50 bits per heavy atom.